The maximum atomic E-state index is 11.8. The van der Waals surface area contributed by atoms with E-state index < -0.39 is 25.6 Å². The van der Waals surface area contributed by atoms with Gasteiger partial charge in [-0.2, -0.15) is 0 Å². The summed E-state index contributed by atoms with van der Waals surface area (Å²) < 4.78 is 21.8. The lowest BCUT2D eigenvalue weighted by Gasteiger charge is -2.19. The maximum absolute atomic E-state index is 11.8. The molecule has 0 saturated carbocycles. The summed E-state index contributed by atoms with van der Waals surface area (Å²) in [5.74, 6) is -1.15. The quantitative estimate of drug-likeness (QED) is 0.281. The topological polar surface area (TPSA) is 110 Å². The number of hydrogen-bond acceptors (Lipinski definition) is 6. The summed E-state index contributed by atoms with van der Waals surface area (Å²) in [4.78, 5) is 42.5. The molecule has 1 aromatic rings. The summed E-state index contributed by atoms with van der Waals surface area (Å²) in [5, 5.41) is -0.117. The van der Waals surface area contributed by atoms with E-state index in [2.05, 4.69) is 13.2 Å². The van der Waals surface area contributed by atoms with Crippen LogP contribution < -0.4 is 5.30 Å². The first-order chi connectivity index (χ1) is 12.0. The number of esters is 2. The molecule has 26 heavy (non-hydrogen) atoms. The van der Waals surface area contributed by atoms with Crippen molar-refractivity contribution in [2.45, 2.75) is 24.8 Å². The first-order valence-electron chi connectivity index (χ1n) is 7.49. The molecular weight excluding hydrogens is 379 g/mol. The smallest absolute Gasteiger partial charge is 0.357 e. The molecule has 1 unspecified atom stereocenters. The van der Waals surface area contributed by atoms with Crippen LogP contribution in [0.15, 0.2) is 53.5 Å². The lowest BCUT2D eigenvalue weighted by Crippen LogP contribution is -2.28. The molecule has 0 radical (unpaired) electrons. The van der Waals surface area contributed by atoms with Crippen LogP contribution in [0.25, 0.3) is 0 Å². The molecule has 0 aliphatic heterocycles. The van der Waals surface area contributed by atoms with Gasteiger partial charge in [0.25, 0.3) is 0 Å². The van der Waals surface area contributed by atoms with Gasteiger partial charge >= 0.3 is 19.5 Å². The van der Waals surface area contributed by atoms with Crippen molar-refractivity contribution < 1.29 is 33.4 Å². The number of rotatable bonds is 9. The molecule has 0 spiro atoms. The molecular formula is C17H21O7PS. The van der Waals surface area contributed by atoms with Gasteiger partial charge in [0.15, 0.2) is 0 Å². The largest absolute Gasteiger partial charge is 0.458 e. The van der Waals surface area contributed by atoms with E-state index in [1.165, 1.54) is 26.0 Å². The van der Waals surface area contributed by atoms with Crippen LogP contribution in [-0.2, 0) is 23.6 Å². The van der Waals surface area contributed by atoms with Gasteiger partial charge in [0.1, 0.15) is 12.7 Å². The fourth-order valence-corrected chi connectivity index (χ4v) is 3.78. The predicted molar refractivity (Wildman–Crippen MR) is 99.3 cm³/mol. The molecule has 1 aromatic carbocycles. The van der Waals surface area contributed by atoms with Crippen molar-refractivity contribution in [3.8, 4) is 0 Å². The fourth-order valence-electron chi connectivity index (χ4n) is 1.66. The third-order valence-electron chi connectivity index (χ3n) is 2.97. The van der Waals surface area contributed by atoms with Crippen molar-refractivity contribution in [1.82, 2.24) is 0 Å². The number of benzene rings is 1. The van der Waals surface area contributed by atoms with Gasteiger partial charge in [-0.1, -0.05) is 25.3 Å². The van der Waals surface area contributed by atoms with E-state index in [9.17, 15) is 23.9 Å². The van der Waals surface area contributed by atoms with Crippen LogP contribution in [-0.4, -0.2) is 40.2 Å². The summed E-state index contributed by atoms with van der Waals surface area (Å²) in [7, 11) is -4.44. The lowest BCUT2D eigenvalue weighted by molar-refractivity contribution is -0.152. The molecule has 1 atom stereocenters. The maximum Gasteiger partial charge on any atom is 0.357 e. The summed E-state index contributed by atoms with van der Waals surface area (Å²) in [5.41, 5.74) is 0.385. The fraction of sp³-hybridized carbons (Fsp3) is 0.294. The highest BCUT2D eigenvalue weighted by Crippen LogP contribution is 2.37. The standard InChI is InChI=1S/C17H21O7PS/c1-11(2)16(18)23-9-13(24-17(19)12(3)4)10-26-15-8-6-5-7-14(15)25(20,21)22/h5-8,13H,1,3,9-10H2,2,4H3,(H2,20,21,22). The molecule has 0 amide bonds. The third kappa shape index (κ3) is 7.17. The zero-order valence-electron chi connectivity index (χ0n) is 14.5. The Kier molecular flexibility index (Phi) is 8.30. The Morgan fingerprint density at radius 2 is 1.73 bits per heavy atom. The minimum atomic E-state index is -4.44. The number of thioether (sulfide) groups is 1. The molecule has 0 heterocycles. The summed E-state index contributed by atoms with van der Waals surface area (Å²) in [6.45, 7) is 9.71. The lowest BCUT2D eigenvalue weighted by atomic mass is 10.3. The van der Waals surface area contributed by atoms with Crippen molar-refractivity contribution >= 4 is 36.6 Å². The van der Waals surface area contributed by atoms with Gasteiger partial charge in [-0.25, -0.2) is 9.59 Å². The van der Waals surface area contributed by atoms with Crippen LogP contribution in [0.1, 0.15) is 13.8 Å². The number of carbonyl (C=O) groups is 2. The highest BCUT2D eigenvalue weighted by Gasteiger charge is 2.23. The van der Waals surface area contributed by atoms with Gasteiger partial charge in [0, 0.05) is 21.8 Å². The Hall–Kier alpha value is -1.86. The van der Waals surface area contributed by atoms with Crippen molar-refractivity contribution in [3.63, 3.8) is 0 Å². The molecule has 0 bridgehead atoms. The summed E-state index contributed by atoms with van der Waals surface area (Å²) >= 11 is 1.08. The average molecular weight is 400 g/mol. The number of carbonyl (C=O) groups excluding carboxylic acids is 2. The zero-order chi connectivity index (χ0) is 19.9. The second-order valence-electron chi connectivity index (χ2n) is 5.51. The van der Waals surface area contributed by atoms with Gasteiger partial charge < -0.3 is 19.3 Å². The highest BCUT2D eigenvalue weighted by molar-refractivity contribution is 7.99. The van der Waals surface area contributed by atoms with Crippen molar-refractivity contribution in [2.75, 3.05) is 12.4 Å². The van der Waals surface area contributed by atoms with Gasteiger partial charge in [0.05, 0.1) is 5.30 Å². The first-order valence-corrected chi connectivity index (χ1v) is 10.1. The SMILES string of the molecule is C=C(C)C(=O)OCC(CSc1ccccc1P(=O)(O)O)OC(=O)C(=C)C. The normalized spacial score (nSPS) is 12.2. The Morgan fingerprint density at radius 1 is 1.15 bits per heavy atom. The monoisotopic (exact) mass is 400 g/mol. The molecule has 2 N–H and O–H groups in total. The molecule has 0 aliphatic rings. The molecule has 7 nitrogen and oxygen atoms in total. The van der Waals surface area contributed by atoms with Gasteiger partial charge in [0.2, 0.25) is 0 Å². The average Bonchev–Trinajstić information content (AvgIpc) is 2.55. The molecule has 142 valence electrons. The molecule has 0 aliphatic carbocycles. The zero-order valence-corrected chi connectivity index (χ0v) is 16.2. The molecule has 0 fully saturated rings. The van der Waals surface area contributed by atoms with Crippen LogP contribution >= 0.6 is 19.4 Å². The van der Waals surface area contributed by atoms with E-state index in [1.54, 1.807) is 12.1 Å². The van der Waals surface area contributed by atoms with E-state index in [0.29, 0.717) is 4.90 Å². The van der Waals surface area contributed by atoms with Crippen LogP contribution in [0.2, 0.25) is 0 Å². The Balaban J connectivity index is 2.87. The Labute approximate surface area is 156 Å². The van der Waals surface area contributed by atoms with Crippen molar-refractivity contribution in [2.24, 2.45) is 0 Å². The van der Waals surface area contributed by atoms with E-state index in [1.807, 2.05) is 0 Å². The summed E-state index contributed by atoms with van der Waals surface area (Å²) in [6.07, 6.45) is -0.822. The highest BCUT2D eigenvalue weighted by atomic mass is 32.2. The molecule has 0 saturated heterocycles. The van der Waals surface area contributed by atoms with Crippen LogP contribution in [0.3, 0.4) is 0 Å². The molecule has 9 heteroatoms. The molecule has 1 rings (SSSR count). The van der Waals surface area contributed by atoms with E-state index in [0.717, 1.165) is 11.8 Å². The van der Waals surface area contributed by atoms with Crippen molar-refractivity contribution in [1.29, 1.82) is 0 Å². The van der Waals surface area contributed by atoms with Crippen molar-refractivity contribution in [3.05, 3.63) is 48.6 Å². The van der Waals surface area contributed by atoms with Gasteiger partial charge in [-0.15, -0.1) is 11.8 Å². The van der Waals surface area contributed by atoms with Gasteiger partial charge in [-0.05, 0) is 26.0 Å². The molecule has 0 aromatic heterocycles. The number of hydrogen-bond donors (Lipinski definition) is 2. The third-order valence-corrected chi connectivity index (χ3v) is 5.35. The summed E-state index contributed by atoms with van der Waals surface area (Å²) in [6, 6.07) is 6.04. The van der Waals surface area contributed by atoms with Crippen LogP contribution in [0.4, 0.5) is 0 Å². The first kappa shape index (κ1) is 22.2. The van der Waals surface area contributed by atoms with Gasteiger partial charge in [-0.3, -0.25) is 4.57 Å². The second kappa shape index (κ2) is 9.73. The Morgan fingerprint density at radius 3 is 2.27 bits per heavy atom. The van der Waals surface area contributed by atoms with E-state index >= 15 is 0 Å². The van der Waals surface area contributed by atoms with E-state index in [-0.39, 0.29) is 28.8 Å². The minimum Gasteiger partial charge on any atom is -0.458 e. The Bertz CT molecular complexity index is 753. The van der Waals surface area contributed by atoms with E-state index in [4.69, 9.17) is 9.47 Å². The second-order valence-corrected chi connectivity index (χ2v) is 8.14. The number of ether oxygens (including phenoxy) is 2. The van der Waals surface area contributed by atoms with Crippen LogP contribution in [0.5, 0.6) is 0 Å². The minimum absolute atomic E-state index is 0.117. The predicted octanol–water partition coefficient (Wildman–Crippen LogP) is 2.19. The van der Waals surface area contributed by atoms with Crippen LogP contribution in [0, 0.1) is 0 Å².